The lowest BCUT2D eigenvalue weighted by Crippen LogP contribution is -2.29. The Labute approximate surface area is 111 Å². The zero-order valence-electron chi connectivity index (χ0n) is 11.0. The number of esters is 1. The zero-order valence-corrected chi connectivity index (χ0v) is 11.0. The standard InChI is InChI=1S/C14H18O5/c1-3-19-14(18)13(17)12(16)11-6-4-5-10(8-11)7-9(2)15/h4-6,8,12-13,16-17H,3,7H2,1-2H3. The van der Waals surface area contributed by atoms with Gasteiger partial charge in [-0.2, -0.15) is 0 Å². The number of carbonyl (C=O) groups is 2. The first-order valence-electron chi connectivity index (χ1n) is 6.06. The molecule has 0 spiro atoms. The van der Waals surface area contributed by atoms with Gasteiger partial charge in [-0.3, -0.25) is 4.79 Å². The molecule has 0 saturated heterocycles. The molecule has 0 saturated carbocycles. The van der Waals surface area contributed by atoms with Crippen molar-refractivity contribution in [2.24, 2.45) is 0 Å². The van der Waals surface area contributed by atoms with E-state index in [4.69, 9.17) is 0 Å². The van der Waals surface area contributed by atoms with Gasteiger partial charge in [0.15, 0.2) is 6.10 Å². The average Bonchev–Trinajstić information content (AvgIpc) is 2.36. The van der Waals surface area contributed by atoms with Crippen LogP contribution in [0.2, 0.25) is 0 Å². The van der Waals surface area contributed by atoms with E-state index in [0.717, 1.165) is 5.56 Å². The summed E-state index contributed by atoms with van der Waals surface area (Å²) in [4.78, 5) is 22.4. The fourth-order valence-corrected chi connectivity index (χ4v) is 1.71. The summed E-state index contributed by atoms with van der Waals surface area (Å²) in [6, 6.07) is 6.58. The maximum absolute atomic E-state index is 11.3. The number of hydrogen-bond acceptors (Lipinski definition) is 5. The first-order valence-corrected chi connectivity index (χ1v) is 6.06. The largest absolute Gasteiger partial charge is 0.464 e. The molecule has 2 N–H and O–H groups in total. The van der Waals surface area contributed by atoms with Crippen molar-refractivity contribution in [2.75, 3.05) is 6.61 Å². The smallest absolute Gasteiger partial charge is 0.338 e. The fraction of sp³-hybridized carbons (Fsp3) is 0.429. The van der Waals surface area contributed by atoms with E-state index in [2.05, 4.69) is 4.74 Å². The van der Waals surface area contributed by atoms with Gasteiger partial charge >= 0.3 is 5.97 Å². The summed E-state index contributed by atoms with van der Waals surface area (Å²) in [5, 5.41) is 19.6. The van der Waals surface area contributed by atoms with Gasteiger partial charge in [0.25, 0.3) is 0 Å². The number of benzene rings is 1. The first kappa shape index (κ1) is 15.3. The maximum Gasteiger partial charge on any atom is 0.338 e. The Morgan fingerprint density at radius 3 is 2.58 bits per heavy atom. The molecule has 0 aliphatic rings. The lowest BCUT2D eigenvalue weighted by molar-refractivity contribution is -0.159. The van der Waals surface area contributed by atoms with Crippen LogP contribution in [0.1, 0.15) is 31.1 Å². The normalized spacial score (nSPS) is 13.7. The molecule has 0 radical (unpaired) electrons. The third-order valence-electron chi connectivity index (χ3n) is 2.57. The Kier molecular flexibility index (Phi) is 5.66. The van der Waals surface area contributed by atoms with Crippen molar-refractivity contribution in [2.45, 2.75) is 32.5 Å². The molecule has 1 aromatic rings. The lowest BCUT2D eigenvalue weighted by Gasteiger charge is -2.17. The molecule has 0 aromatic heterocycles. The van der Waals surface area contributed by atoms with Crippen molar-refractivity contribution < 1.29 is 24.5 Å². The molecular formula is C14H18O5. The van der Waals surface area contributed by atoms with E-state index in [1.165, 1.54) is 6.92 Å². The number of aliphatic hydroxyl groups excluding tert-OH is 2. The second-order valence-corrected chi connectivity index (χ2v) is 4.27. The molecule has 2 unspecified atom stereocenters. The molecule has 0 aliphatic heterocycles. The van der Waals surface area contributed by atoms with E-state index in [1.54, 1.807) is 31.2 Å². The average molecular weight is 266 g/mol. The van der Waals surface area contributed by atoms with E-state index in [-0.39, 0.29) is 18.8 Å². The van der Waals surface area contributed by atoms with Crippen LogP contribution >= 0.6 is 0 Å². The predicted octanol–water partition coefficient (Wildman–Crippen LogP) is 0.776. The first-order chi connectivity index (χ1) is 8.95. The van der Waals surface area contributed by atoms with Crippen LogP contribution in [0.25, 0.3) is 0 Å². The molecular weight excluding hydrogens is 248 g/mol. The van der Waals surface area contributed by atoms with Crippen LogP contribution in [-0.2, 0) is 20.7 Å². The molecule has 5 nitrogen and oxygen atoms in total. The fourth-order valence-electron chi connectivity index (χ4n) is 1.71. The highest BCUT2D eigenvalue weighted by Gasteiger charge is 2.26. The van der Waals surface area contributed by atoms with E-state index in [9.17, 15) is 19.8 Å². The van der Waals surface area contributed by atoms with Crippen molar-refractivity contribution in [1.29, 1.82) is 0 Å². The molecule has 0 fully saturated rings. The highest BCUT2D eigenvalue weighted by atomic mass is 16.5. The van der Waals surface area contributed by atoms with Crippen LogP contribution in [-0.4, -0.2) is 34.7 Å². The summed E-state index contributed by atoms with van der Waals surface area (Å²) in [5.41, 5.74) is 1.10. The molecule has 19 heavy (non-hydrogen) atoms. The third-order valence-corrected chi connectivity index (χ3v) is 2.57. The Balaban J connectivity index is 2.84. The SMILES string of the molecule is CCOC(=O)C(O)C(O)c1cccc(CC(C)=O)c1. The van der Waals surface area contributed by atoms with Crippen molar-refractivity contribution in [3.8, 4) is 0 Å². The molecule has 0 heterocycles. The number of carbonyl (C=O) groups excluding carboxylic acids is 2. The molecule has 2 atom stereocenters. The quantitative estimate of drug-likeness (QED) is 0.743. The van der Waals surface area contributed by atoms with Crippen LogP contribution in [0, 0.1) is 0 Å². The van der Waals surface area contributed by atoms with Crippen molar-refractivity contribution >= 4 is 11.8 Å². The summed E-state index contributed by atoms with van der Waals surface area (Å²) in [7, 11) is 0. The second kappa shape index (κ2) is 7.01. The maximum atomic E-state index is 11.3. The zero-order chi connectivity index (χ0) is 14.4. The van der Waals surface area contributed by atoms with Gasteiger partial charge in [-0.1, -0.05) is 24.3 Å². The minimum absolute atomic E-state index is 0.00224. The van der Waals surface area contributed by atoms with Gasteiger partial charge in [0.1, 0.15) is 11.9 Å². The van der Waals surface area contributed by atoms with Crippen molar-refractivity contribution in [3.05, 3.63) is 35.4 Å². The van der Waals surface area contributed by atoms with Crippen molar-refractivity contribution in [3.63, 3.8) is 0 Å². The highest BCUT2D eigenvalue weighted by Crippen LogP contribution is 2.19. The highest BCUT2D eigenvalue weighted by molar-refractivity contribution is 5.78. The van der Waals surface area contributed by atoms with Gasteiger partial charge in [0, 0.05) is 6.42 Å². The van der Waals surface area contributed by atoms with E-state index in [0.29, 0.717) is 5.56 Å². The second-order valence-electron chi connectivity index (χ2n) is 4.27. The monoisotopic (exact) mass is 266 g/mol. The van der Waals surface area contributed by atoms with E-state index < -0.39 is 18.2 Å². The molecule has 0 aliphatic carbocycles. The summed E-state index contributed by atoms with van der Waals surface area (Å²) in [5.74, 6) is -0.871. The van der Waals surface area contributed by atoms with Gasteiger partial charge in [-0.15, -0.1) is 0 Å². The number of hydrogen-bond donors (Lipinski definition) is 2. The number of ketones is 1. The minimum Gasteiger partial charge on any atom is -0.464 e. The molecule has 0 amide bonds. The van der Waals surface area contributed by atoms with Crippen LogP contribution < -0.4 is 0 Å². The Bertz CT molecular complexity index is 455. The summed E-state index contributed by atoms with van der Waals surface area (Å²) in [6.07, 6.45) is -2.76. The molecule has 5 heteroatoms. The van der Waals surface area contributed by atoms with Gasteiger partial charge in [-0.25, -0.2) is 4.79 Å². The van der Waals surface area contributed by atoms with Crippen LogP contribution in [0.5, 0.6) is 0 Å². The van der Waals surface area contributed by atoms with Gasteiger partial charge in [-0.05, 0) is 25.0 Å². The Hall–Kier alpha value is -1.72. The number of Topliss-reactive ketones (excluding diaryl/α,β-unsaturated/α-hetero) is 1. The summed E-state index contributed by atoms with van der Waals surface area (Å²) < 4.78 is 4.64. The summed E-state index contributed by atoms with van der Waals surface area (Å²) in [6.45, 7) is 3.22. The number of aliphatic hydroxyl groups is 2. The lowest BCUT2D eigenvalue weighted by atomic mass is 10.00. The topological polar surface area (TPSA) is 83.8 Å². The third kappa shape index (κ3) is 4.46. The predicted molar refractivity (Wildman–Crippen MR) is 68.4 cm³/mol. The van der Waals surface area contributed by atoms with Gasteiger partial charge in [0.2, 0.25) is 0 Å². The Morgan fingerprint density at radius 2 is 2.00 bits per heavy atom. The molecule has 0 bridgehead atoms. The van der Waals surface area contributed by atoms with Crippen LogP contribution in [0.4, 0.5) is 0 Å². The van der Waals surface area contributed by atoms with E-state index >= 15 is 0 Å². The van der Waals surface area contributed by atoms with Gasteiger partial charge in [0.05, 0.1) is 6.61 Å². The van der Waals surface area contributed by atoms with Crippen molar-refractivity contribution in [1.82, 2.24) is 0 Å². The Morgan fingerprint density at radius 1 is 1.32 bits per heavy atom. The molecule has 104 valence electrons. The minimum atomic E-state index is -1.63. The van der Waals surface area contributed by atoms with Crippen LogP contribution in [0.3, 0.4) is 0 Å². The van der Waals surface area contributed by atoms with E-state index in [1.807, 2.05) is 0 Å². The van der Waals surface area contributed by atoms with Crippen LogP contribution in [0.15, 0.2) is 24.3 Å². The number of ether oxygens (including phenoxy) is 1. The summed E-state index contributed by atoms with van der Waals surface area (Å²) >= 11 is 0. The number of rotatable bonds is 6. The molecule has 1 aromatic carbocycles. The van der Waals surface area contributed by atoms with Gasteiger partial charge < -0.3 is 14.9 Å². The molecule has 1 rings (SSSR count).